The zero-order valence-electron chi connectivity index (χ0n) is 9.90. The maximum absolute atomic E-state index is 11.2. The van der Waals surface area contributed by atoms with Gasteiger partial charge in [0.2, 0.25) is 0 Å². The van der Waals surface area contributed by atoms with Gasteiger partial charge in [-0.15, -0.1) is 0 Å². The van der Waals surface area contributed by atoms with E-state index in [-0.39, 0.29) is 0 Å². The van der Waals surface area contributed by atoms with E-state index in [0.29, 0.717) is 17.3 Å². The van der Waals surface area contributed by atoms with Crippen LogP contribution in [0.4, 0.5) is 5.69 Å². The van der Waals surface area contributed by atoms with E-state index in [0.717, 1.165) is 31.6 Å². The second-order valence-corrected chi connectivity index (χ2v) is 4.39. The van der Waals surface area contributed by atoms with Gasteiger partial charge in [-0.2, -0.15) is 0 Å². The molecule has 1 saturated heterocycles. The number of carboxylic acid groups (broad SMARTS) is 1. The molecule has 0 saturated carbocycles. The lowest BCUT2D eigenvalue weighted by molar-refractivity contribution is 0.0697. The first-order valence-electron chi connectivity index (χ1n) is 5.85. The SMILES string of the molecule is Cc1ccc(NC2CCOCC2)c(C(=O)O)c1. The lowest BCUT2D eigenvalue weighted by Crippen LogP contribution is -2.28. The fourth-order valence-electron chi connectivity index (χ4n) is 2.02. The lowest BCUT2D eigenvalue weighted by Gasteiger charge is -2.25. The third-order valence-corrected chi connectivity index (χ3v) is 2.99. The van der Waals surface area contributed by atoms with Gasteiger partial charge >= 0.3 is 5.97 Å². The molecule has 0 amide bonds. The second-order valence-electron chi connectivity index (χ2n) is 4.39. The van der Waals surface area contributed by atoms with Gasteiger partial charge in [-0.05, 0) is 31.9 Å². The Bertz CT molecular complexity index is 411. The highest BCUT2D eigenvalue weighted by atomic mass is 16.5. The van der Waals surface area contributed by atoms with Crippen molar-refractivity contribution < 1.29 is 14.6 Å². The van der Waals surface area contributed by atoms with E-state index in [9.17, 15) is 4.79 Å². The molecule has 1 aromatic carbocycles. The number of carboxylic acids is 1. The van der Waals surface area contributed by atoms with Gasteiger partial charge in [0.1, 0.15) is 0 Å². The second kappa shape index (κ2) is 5.19. The van der Waals surface area contributed by atoms with Gasteiger partial charge in [-0.25, -0.2) is 4.79 Å². The van der Waals surface area contributed by atoms with Crippen LogP contribution in [-0.4, -0.2) is 30.3 Å². The van der Waals surface area contributed by atoms with Crippen molar-refractivity contribution in [3.63, 3.8) is 0 Å². The molecule has 92 valence electrons. The third kappa shape index (κ3) is 2.97. The van der Waals surface area contributed by atoms with Crippen LogP contribution < -0.4 is 5.32 Å². The molecule has 1 aromatic rings. The topological polar surface area (TPSA) is 58.6 Å². The van der Waals surface area contributed by atoms with Gasteiger partial charge in [-0.3, -0.25) is 0 Å². The molecule has 0 unspecified atom stereocenters. The molecule has 0 aliphatic carbocycles. The minimum atomic E-state index is -0.886. The van der Waals surface area contributed by atoms with E-state index in [1.807, 2.05) is 19.1 Å². The van der Waals surface area contributed by atoms with Gasteiger partial charge < -0.3 is 15.2 Å². The van der Waals surface area contributed by atoms with Crippen LogP contribution in [0.15, 0.2) is 18.2 Å². The molecule has 1 aliphatic heterocycles. The summed E-state index contributed by atoms with van der Waals surface area (Å²) in [5.41, 5.74) is 2.01. The van der Waals surface area contributed by atoms with Crippen molar-refractivity contribution in [2.75, 3.05) is 18.5 Å². The molecule has 0 spiro atoms. The Morgan fingerprint density at radius 3 is 2.76 bits per heavy atom. The normalized spacial score (nSPS) is 16.8. The molecule has 4 nitrogen and oxygen atoms in total. The first-order chi connectivity index (χ1) is 8.16. The zero-order valence-corrected chi connectivity index (χ0v) is 9.90. The number of anilines is 1. The highest BCUT2D eigenvalue weighted by Gasteiger charge is 2.17. The number of carbonyl (C=O) groups is 1. The summed E-state index contributed by atoms with van der Waals surface area (Å²) < 4.78 is 5.28. The molecule has 0 radical (unpaired) electrons. The van der Waals surface area contributed by atoms with Gasteiger partial charge in [0.15, 0.2) is 0 Å². The molecule has 1 heterocycles. The number of aryl methyl sites for hydroxylation is 1. The Balaban J connectivity index is 2.16. The summed E-state index contributed by atoms with van der Waals surface area (Å²) in [6.45, 7) is 3.38. The summed E-state index contributed by atoms with van der Waals surface area (Å²) in [7, 11) is 0. The van der Waals surface area contributed by atoms with Crippen LogP contribution in [0.3, 0.4) is 0 Å². The quantitative estimate of drug-likeness (QED) is 0.843. The molecule has 1 aliphatic rings. The van der Waals surface area contributed by atoms with Crippen molar-refractivity contribution in [3.05, 3.63) is 29.3 Å². The molecule has 2 N–H and O–H groups in total. The maximum atomic E-state index is 11.2. The van der Waals surface area contributed by atoms with Gasteiger partial charge in [-0.1, -0.05) is 11.6 Å². The first kappa shape index (κ1) is 11.9. The molecule has 17 heavy (non-hydrogen) atoms. The smallest absolute Gasteiger partial charge is 0.337 e. The number of rotatable bonds is 3. The number of ether oxygens (including phenoxy) is 1. The number of aromatic carboxylic acids is 1. The number of hydrogen-bond acceptors (Lipinski definition) is 3. The van der Waals surface area contributed by atoms with Crippen LogP contribution in [0.5, 0.6) is 0 Å². The van der Waals surface area contributed by atoms with Crippen molar-refractivity contribution in [2.45, 2.75) is 25.8 Å². The van der Waals surface area contributed by atoms with E-state index < -0.39 is 5.97 Å². The van der Waals surface area contributed by atoms with Crippen molar-refractivity contribution in [3.8, 4) is 0 Å². The Morgan fingerprint density at radius 2 is 2.12 bits per heavy atom. The summed E-state index contributed by atoms with van der Waals surface area (Å²) in [5.74, 6) is -0.886. The molecule has 2 rings (SSSR count). The van der Waals surface area contributed by atoms with Crippen LogP contribution >= 0.6 is 0 Å². The summed E-state index contributed by atoms with van der Waals surface area (Å²) >= 11 is 0. The van der Waals surface area contributed by atoms with E-state index in [2.05, 4.69) is 5.32 Å². The molecule has 0 aromatic heterocycles. The summed E-state index contributed by atoms with van der Waals surface area (Å²) in [6, 6.07) is 5.77. The van der Waals surface area contributed by atoms with Crippen LogP contribution in [0.25, 0.3) is 0 Å². The number of nitrogens with one attached hydrogen (secondary N) is 1. The minimum Gasteiger partial charge on any atom is -0.478 e. The number of benzene rings is 1. The fourth-order valence-corrected chi connectivity index (χ4v) is 2.02. The third-order valence-electron chi connectivity index (χ3n) is 2.99. The average molecular weight is 235 g/mol. The van der Waals surface area contributed by atoms with E-state index in [1.54, 1.807) is 6.07 Å². The Kier molecular flexibility index (Phi) is 3.64. The fraction of sp³-hybridized carbons (Fsp3) is 0.462. The monoisotopic (exact) mass is 235 g/mol. The summed E-state index contributed by atoms with van der Waals surface area (Å²) in [4.78, 5) is 11.2. The van der Waals surface area contributed by atoms with Gasteiger partial charge in [0.05, 0.1) is 5.56 Å². The van der Waals surface area contributed by atoms with Crippen molar-refractivity contribution >= 4 is 11.7 Å². The minimum absolute atomic E-state index is 0.310. The van der Waals surface area contributed by atoms with Gasteiger partial charge in [0, 0.05) is 24.9 Å². The largest absolute Gasteiger partial charge is 0.478 e. The Labute approximate surface area is 101 Å². The van der Waals surface area contributed by atoms with E-state index >= 15 is 0 Å². The standard InChI is InChI=1S/C13H17NO3/c1-9-2-3-12(11(8-9)13(15)16)14-10-4-6-17-7-5-10/h2-3,8,10,14H,4-7H2,1H3,(H,15,16). The average Bonchev–Trinajstić information content (AvgIpc) is 2.32. The molecule has 0 bridgehead atoms. The van der Waals surface area contributed by atoms with Gasteiger partial charge in [0.25, 0.3) is 0 Å². The lowest BCUT2D eigenvalue weighted by atomic mass is 10.1. The van der Waals surface area contributed by atoms with Crippen molar-refractivity contribution in [2.24, 2.45) is 0 Å². The van der Waals surface area contributed by atoms with Crippen LogP contribution in [-0.2, 0) is 4.74 Å². The molecule has 4 heteroatoms. The summed E-state index contributed by atoms with van der Waals surface area (Å²) in [6.07, 6.45) is 1.85. The highest BCUT2D eigenvalue weighted by Crippen LogP contribution is 2.21. The van der Waals surface area contributed by atoms with Crippen molar-refractivity contribution in [1.82, 2.24) is 0 Å². The van der Waals surface area contributed by atoms with Crippen molar-refractivity contribution in [1.29, 1.82) is 0 Å². The van der Waals surface area contributed by atoms with E-state index in [4.69, 9.17) is 9.84 Å². The van der Waals surface area contributed by atoms with E-state index in [1.165, 1.54) is 0 Å². The Hall–Kier alpha value is -1.55. The Morgan fingerprint density at radius 1 is 1.41 bits per heavy atom. The predicted octanol–water partition coefficient (Wildman–Crippen LogP) is 2.28. The zero-order chi connectivity index (χ0) is 12.3. The molecule has 1 fully saturated rings. The maximum Gasteiger partial charge on any atom is 0.337 e. The van der Waals surface area contributed by atoms with Crippen LogP contribution in [0, 0.1) is 6.92 Å². The highest BCUT2D eigenvalue weighted by molar-refractivity contribution is 5.94. The molecule has 0 atom stereocenters. The van der Waals surface area contributed by atoms with Crippen LogP contribution in [0.2, 0.25) is 0 Å². The predicted molar refractivity (Wildman–Crippen MR) is 65.6 cm³/mol. The molecular weight excluding hydrogens is 218 g/mol. The molecular formula is C13H17NO3. The number of hydrogen-bond donors (Lipinski definition) is 2. The first-order valence-corrected chi connectivity index (χ1v) is 5.85. The summed E-state index contributed by atoms with van der Waals surface area (Å²) in [5, 5.41) is 12.5. The van der Waals surface area contributed by atoms with Crippen LogP contribution in [0.1, 0.15) is 28.8 Å².